The van der Waals surface area contributed by atoms with Gasteiger partial charge in [0.2, 0.25) is 0 Å². The number of nitrogens with one attached hydrogen (secondary N) is 1. The number of carbonyl (C=O) groups excluding carboxylic acids is 1. The molecule has 0 aliphatic carbocycles. The van der Waals surface area contributed by atoms with Gasteiger partial charge in [-0.15, -0.1) is 6.58 Å². The molecule has 1 aromatic carbocycles. The Morgan fingerprint density at radius 1 is 1.55 bits per heavy atom. The minimum absolute atomic E-state index is 0.338. The molecule has 0 heterocycles. The van der Waals surface area contributed by atoms with E-state index in [1.165, 1.54) is 25.3 Å². The summed E-state index contributed by atoms with van der Waals surface area (Å²) in [5.74, 6) is -0.378. The molecule has 3 nitrogen and oxygen atoms in total. The van der Waals surface area contributed by atoms with Gasteiger partial charge < -0.3 is 10.1 Å². The molecule has 0 saturated heterocycles. The number of rotatable bonds is 8. The maximum atomic E-state index is 13.7. The van der Waals surface area contributed by atoms with E-state index in [2.05, 4.69) is 23.6 Å². The van der Waals surface area contributed by atoms with Crippen LogP contribution in [0.1, 0.15) is 36.5 Å². The molecular weight excluding hydrogens is 257 g/mol. The van der Waals surface area contributed by atoms with Crippen LogP contribution in [0.4, 0.5) is 10.1 Å². The van der Waals surface area contributed by atoms with E-state index >= 15 is 0 Å². The number of hydrogen-bond acceptors (Lipinski definition) is 3. The number of methoxy groups -OCH3 is 1. The van der Waals surface area contributed by atoms with Crippen LogP contribution in [-0.2, 0) is 4.74 Å². The molecule has 0 radical (unpaired) electrons. The number of benzene rings is 1. The summed E-state index contributed by atoms with van der Waals surface area (Å²) in [6.45, 7) is 6.49. The van der Waals surface area contributed by atoms with E-state index in [0.717, 1.165) is 19.3 Å². The monoisotopic (exact) mass is 279 g/mol. The highest BCUT2D eigenvalue weighted by Gasteiger charge is 2.11. The van der Waals surface area contributed by atoms with Gasteiger partial charge in [-0.25, -0.2) is 9.18 Å². The van der Waals surface area contributed by atoms with Gasteiger partial charge in [-0.05, 0) is 37.0 Å². The third-order valence-electron chi connectivity index (χ3n) is 3.33. The summed E-state index contributed by atoms with van der Waals surface area (Å²) in [6.07, 6.45) is 4.87. The van der Waals surface area contributed by atoms with Crippen LogP contribution in [0.15, 0.2) is 30.9 Å². The lowest BCUT2D eigenvalue weighted by Gasteiger charge is -2.16. The first-order valence-corrected chi connectivity index (χ1v) is 6.85. The van der Waals surface area contributed by atoms with Crippen molar-refractivity contribution in [1.82, 2.24) is 0 Å². The van der Waals surface area contributed by atoms with E-state index < -0.39 is 5.97 Å². The number of hydrogen-bond donors (Lipinski definition) is 1. The highest BCUT2D eigenvalue weighted by Crippen LogP contribution is 2.19. The van der Waals surface area contributed by atoms with Gasteiger partial charge in [-0.3, -0.25) is 0 Å². The van der Waals surface area contributed by atoms with Crippen molar-refractivity contribution >= 4 is 11.7 Å². The molecular formula is C16H22FNO2. The summed E-state index contributed by atoms with van der Waals surface area (Å²) in [5, 5.41) is 3.08. The number of halogens is 1. The fourth-order valence-corrected chi connectivity index (χ4v) is 1.96. The molecule has 0 fully saturated rings. The fraction of sp³-hybridized carbons (Fsp3) is 0.438. The number of carbonyl (C=O) groups is 1. The molecule has 0 spiro atoms. The fourth-order valence-electron chi connectivity index (χ4n) is 1.96. The second kappa shape index (κ2) is 8.35. The highest BCUT2D eigenvalue weighted by atomic mass is 19.1. The number of ether oxygens (including phenoxy) is 1. The van der Waals surface area contributed by atoms with Crippen molar-refractivity contribution in [2.75, 3.05) is 19.0 Å². The van der Waals surface area contributed by atoms with Crippen LogP contribution < -0.4 is 5.32 Å². The molecule has 0 aliphatic rings. The lowest BCUT2D eigenvalue weighted by molar-refractivity contribution is 0.0600. The van der Waals surface area contributed by atoms with Crippen LogP contribution in [0, 0.1) is 11.7 Å². The predicted octanol–water partition coefficient (Wildman–Crippen LogP) is 4.02. The zero-order chi connectivity index (χ0) is 15.0. The van der Waals surface area contributed by atoms with Crippen LogP contribution >= 0.6 is 0 Å². The van der Waals surface area contributed by atoms with Crippen LogP contribution in [0.2, 0.25) is 0 Å². The summed E-state index contributed by atoms with van der Waals surface area (Å²) in [5.41, 5.74) is 0.681. The normalized spacial score (nSPS) is 11.8. The molecule has 0 aliphatic heterocycles. The summed E-state index contributed by atoms with van der Waals surface area (Å²) in [6, 6.07) is 4.18. The van der Waals surface area contributed by atoms with Crippen molar-refractivity contribution in [3.8, 4) is 0 Å². The van der Waals surface area contributed by atoms with Crippen LogP contribution in [0.25, 0.3) is 0 Å². The molecule has 0 amide bonds. The maximum absolute atomic E-state index is 13.7. The maximum Gasteiger partial charge on any atom is 0.337 e. The molecule has 0 aromatic heterocycles. The third-order valence-corrected chi connectivity index (χ3v) is 3.33. The molecule has 20 heavy (non-hydrogen) atoms. The Morgan fingerprint density at radius 2 is 2.30 bits per heavy atom. The Kier molecular flexibility index (Phi) is 6.77. The van der Waals surface area contributed by atoms with E-state index in [9.17, 15) is 9.18 Å². The van der Waals surface area contributed by atoms with Crippen molar-refractivity contribution in [3.05, 3.63) is 42.2 Å². The SMILES string of the molecule is C=CCCC(CC)CNc1cc(C(=O)OC)ccc1F. The van der Waals surface area contributed by atoms with Crippen molar-refractivity contribution < 1.29 is 13.9 Å². The van der Waals surface area contributed by atoms with Crippen LogP contribution in [0.3, 0.4) is 0 Å². The van der Waals surface area contributed by atoms with Gasteiger partial charge in [-0.1, -0.05) is 19.4 Å². The summed E-state index contributed by atoms with van der Waals surface area (Å²) >= 11 is 0. The van der Waals surface area contributed by atoms with Gasteiger partial charge >= 0.3 is 5.97 Å². The van der Waals surface area contributed by atoms with E-state index in [1.54, 1.807) is 0 Å². The molecule has 0 saturated carbocycles. The lowest BCUT2D eigenvalue weighted by Crippen LogP contribution is -2.15. The van der Waals surface area contributed by atoms with Gasteiger partial charge in [0, 0.05) is 6.54 Å². The predicted molar refractivity (Wildman–Crippen MR) is 79.4 cm³/mol. The second-order valence-electron chi connectivity index (χ2n) is 4.71. The number of anilines is 1. The van der Waals surface area contributed by atoms with Gasteiger partial charge in [0.15, 0.2) is 0 Å². The number of allylic oxidation sites excluding steroid dienone is 1. The first-order valence-electron chi connectivity index (χ1n) is 6.85. The van der Waals surface area contributed by atoms with E-state index in [-0.39, 0.29) is 5.82 Å². The van der Waals surface area contributed by atoms with Crippen molar-refractivity contribution in [3.63, 3.8) is 0 Å². The first kappa shape index (κ1) is 16.2. The average molecular weight is 279 g/mol. The molecule has 1 atom stereocenters. The summed E-state index contributed by atoms with van der Waals surface area (Å²) < 4.78 is 18.3. The number of esters is 1. The van der Waals surface area contributed by atoms with Crippen LogP contribution in [0.5, 0.6) is 0 Å². The first-order chi connectivity index (χ1) is 9.62. The van der Waals surface area contributed by atoms with Gasteiger partial charge in [0.1, 0.15) is 5.82 Å². The topological polar surface area (TPSA) is 38.3 Å². The van der Waals surface area contributed by atoms with Crippen molar-refractivity contribution in [1.29, 1.82) is 0 Å². The second-order valence-corrected chi connectivity index (χ2v) is 4.71. The molecule has 110 valence electrons. The summed E-state index contributed by atoms with van der Waals surface area (Å²) in [4.78, 5) is 11.4. The van der Waals surface area contributed by atoms with Gasteiger partial charge in [-0.2, -0.15) is 0 Å². The van der Waals surface area contributed by atoms with E-state index in [1.807, 2.05) is 6.08 Å². The Morgan fingerprint density at radius 3 is 2.90 bits per heavy atom. The Hall–Kier alpha value is -1.84. The molecule has 0 bridgehead atoms. The quantitative estimate of drug-likeness (QED) is 0.577. The Labute approximate surface area is 119 Å². The zero-order valence-electron chi connectivity index (χ0n) is 12.1. The van der Waals surface area contributed by atoms with Gasteiger partial charge in [0.25, 0.3) is 0 Å². The lowest BCUT2D eigenvalue weighted by atomic mass is 10.00. The standard InChI is InChI=1S/C16H22FNO2/c1-4-6-7-12(5-2)11-18-15-10-13(16(19)20-3)8-9-14(15)17/h4,8-10,12,18H,1,5-7,11H2,2-3H3. The smallest absolute Gasteiger partial charge is 0.337 e. The zero-order valence-corrected chi connectivity index (χ0v) is 12.1. The van der Waals surface area contributed by atoms with Crippen LogP contribution in [-0.4, -0.2) is 19.6 Å². The minimum Gasteiger partial charge on any atom is -0.465 e. The Balaban J connectivity index is 2.70. The summed E-state index contributed by atoms with van der Waals surface area (Å²) in [7, 11) is 1.31. The largest absolute Gasteiger partial charge is 0.465 e. The molecule has 1 rings (SSSR count). The molecule has 4 heteroatoms. The Bertz CT molecular complexity index is 460. The van der Waals surface area contributed by atoms with Gasteiger partial charge in [0.05, 0.1) is 18.4 Å². The third kappa shape index (κ3) is 4.68. The van der Waals surface area contributed by atoms with Crippen molar-refractivity contribution in [2.24, 2.45) is 5.92 Å². The van der Waals surface area contributed by atoms with E-state index in [4.69, 9.17) is 0 Å². The highest BCUT2D eigenvalue weighted by molar-refractivity contribution is 5.90. The average Bonchev–Trinajstić information content (AvgIpc) is 2.48. The minimum atomic E-state index is -0.466. The molecule has 1 unspecified atom stereocenters. The van der Waals surface area contributed by atoms with E-state index in [0.29, 0.717) is 23.7 Å². The molecule has 1 aromatic rings. The molecule has 1 N–H and O–H groups in total. The van der Waals surface area contributed by atoms with Crippen molar-refractivity contribution in [2.45, 2.75) is 26.2 Å².